The normalized spacial score (nSPS) is 18.4. The minimum absolute atomic E-state index is 0.0419. The average molecular weight is 429 g/mol. The molecule has 3 aromatic rings. The number of alkyl halides is 1. The van der Waals surface area contributed by atoms with Crippen molar-refractivity contribution < 1.29 is 22.4 Å². The number of rotatable bonds is 4. The molecule has 1 aliphatic rings. The van der Waals surface area contributed by atoms with Gasteiger partial charge in [0.2, 0.25) is 0 Å². The summed E-state index contributed by atoms with van der Waals surface area (Å²) in [5.74, 6) is -4.14. The molecule has 2 aromatic heterocycles. The zero-order valence-electron chi connectivity index (χ0n) is 16.1. The van der Waals surface area contributed by atoms with Gasteiger partial charge in [0.1, 0.15) is 12.5 Å². The highest BCUT2D eigenvalue weighted by molar-refractivity contribution is 6.09. The number of nitrogens with two attached hydrogens (primary N) is 1. The van der Waals surface area contributed by atoms with Crippen molar-refractivity contribution >= 4 is 11.9 Å². The molecule has 0 aliphatic carbocycles. The molecule has 2 N–H and O–H groups in total. The van der Waals surface area contributed by atoms with E-state index >= 15 is 0 Å². The van der Waals surface area contributed by atoms with Crippen molar-refractivity contribution in [1.82, 2.24) is 14.9 Å². The predicted molar refractivity (Wildman–Crippen MR) is 104 cm³/mol. The highest BCUT2D eigenvalue weighted by Gasteiger charge is 2.50. The highest BCUT2D eigenvalue weighted by Crippen LogP contribution is 2.41. The largest absolute Gasteiger partial charge is 0.369 e. The summed E-state index contributed by atoms with van der Waals surface area (Å²) in [6.45, 7) is -0.863. The minimum Gasteiger partial charge on any atom is -0.369 e. The molecule has 1 atom stereocenters. The Kier molecular flexibility index (Phi) is 4.92. The van der Waals surface area contributed by atoms with Crippen LogP contribution in [0, 0.1) is 17.5 Å². The van der Waals surface area contributed by atoms with Gasteiger partial charge in [0.25, 0.3) is 5.91 Å². The Labute approximate surface area is 174 Å². The van der Waals surface area contributed by atoms with E-state index in [-0.39, 0.29) is 33.8 Å². The molecule has 0 fully saturated rings. The van der Waals surface area contributed by atoms with Crippen molar-refractivity contribution in [3.05, 3.63) is 83.2 Å². The van der Waals surface area contributed by atoms with Crippen molar-refractivity contribution in [3.8, 4) is 11.1 Å². The first-order valence-electron chi connectivity index (χ1n) is 9.02. The van der Waals surface area contributed by atoms with Crippen molar-refractivity contribution in [2.75, 3.05) is 7.05 Å². The average Bonchev–Trinajstić information content (AvgIpc) is 3.00. The van der Waals surface area contributed by atoms with Crippen LogP contribution in [0.15, 0.2) is 54.0 Å². The number of aromatic nitrogens is 2. The summed E-state index contributed by atoms with van der Waals surface area (Å²) in [7, 11) is 1.37. The highest BCUT2D eigenvalue weighted by atomic mass is 19.2. The van der Waals surface area contributed by atoms with E-state index in [2.05, 4.69) is 15.0 Å². The molecule has 158 valence electrons. The van der Waals surface area contributed by atoms with Crippen LogP contribution in [-0.2, 0) is 17.0 Å². The van der Waals surface area contributed by atoms with Crippen LogP contribution >= 0.6 is 0 Å². The number of nitrogens with zero attached hydrogens (tertiary/aromatic N) is 4. The number of benzene rings is 1. The number of carbonyl (C=O) groups excluding carboxylic acids is 1. The lowest BCUT2D eigenvalue weighted by Crippen LogP contribution is -2.41. The van der Waals surface area contributed by atoms with Crippen LogP contribution in [0.3, 0.4) is 0 Å². The van der Waals surface area contributed by atoms with Gasteiger partial charge >= 0.3 is 0 Å². The monoisotopic (exact) mass is 429 g/mol. The van der Waals surface area contributed by atoms with Gasteiger partial charge in [0.15, 0.2) is 23.1 Å². The number of amides is 1. The molecule has 6 nitrogen and oxygen atoms in total. The Morgan fingerprint density at radius 2 is 1.74 bits per heavy atom. The zero-order valence-corrected chi connectivity index (χ0v) is 16.1. The first-order chi connectivity index (χ1) is 14.8. The smallest absolute Gasteiger partial charge is 0.266 e. The summed E-state index contributed by atoms with van der Waals surface area (Å²) in [6.07, 6.45) is 4.61. The van der Waals surface area contributed by atoms with E-state index in [0.717, 1.165) is 29.4 Å². The Morgan fingerprint density at radius 3 is 2.39 bits per heavy atom. The number of carbonyl (C=O) groups is 1. The molecule has 10 heteroatoms. The van der Waals surface area contributed by atoms with Crippen molar-refractivity contribution in [1.29, 1.82) is 0 Å². The molecule has 3 heterocycles. The van der Waals surface area contributed by atoms with Crippen LogP contribution in [0.1, 0.15) is 16.7 Å². The fraction of sp³-hybridized carbons (Fsp3) is 0.143. The topological polar surface area (TPSA) is 84.5 Å². The number of hydrogen-bond acceptors (Lipinski definition) is 5. The fourth-order valence-electron chi connectivity index (χ4n) is 3.51. The van der Waals surface area contributed by atoms with Crippen LogP contribution in [0.5, 0.6) is 0 Å². The van der Waals surface area contributed by atoms with E-state index in [1.54, 1.807) is 0 Å². The number of hydrogen-bond donors (Lipinski definition) is 1. The minimum atomic E-state index is -1.93. The number of halogens is 4. The molecule has 0 radical (unpaired) electrons. The molecule has 0 saturated carbocycles. The first kappa shape index (κ1) is 20.5. The van der Waals surface area contributed by atoms with Crippen LogP contribution in [-0.4, -0.2) is 33.8 Å². The number of likely N-dealkylation sites (N-methyl/N-ethyl adjacent to an activating group) is 1. The van der Waals surface area contributed by atoms with Gasteiger partial charge in [-0.3, -0.25) is 19.7 Å². The number of pyridine rings is 2. The molecular formula is C21H15F4N5O. The third-order valence-electron chi connectivity index (χ3n) is 5.07. The molecule has 1 unspecified atom stereocenters. The van der Waals surface area contributed by atoms with Crippen LogP contribution in [0.25, 0.3) is 11.1 Å². The summed E-state index contributed by atoms with van der Waals surface area (Å²) >= 11 is 0. The van der Waals surface area contributed by atoms with Crippen LogP contribution in [0.4, 0.5) is 17.6 Å². The summed E-state index contributed by atoms with van der Waals surface area (Å²) in [6, 6.07) is 4.31. The van der Waals surface area contributed by atoms with Gasteiger partial charge in [-0.05, 0) is 29.8 Å². The summed E-state index contributed by atoms with van der Waals surface area (Å²) in [4.78, 5) is 26.2. The molecule has 0 spiro atoms. The zero-order chi connectivity index (χ0) is 22.3. The Bertz CT molecular complexity index is 1230. The van der Waals surface area contributed by atoms with Gasteiger partial charge in [-0.25, -0.2) is 22.6 Å². The predicted octanol–water partition coefficient (Wildman–Crippen LogP) is 3.06. The first-order valence-corrected chi connectivity index (χ1v) is 9.02. The Hall–Kier alpha value is -3.82. The molecule has 1 amide bonds. The Balaban J connectivity index is 2.03. The quantitative estimate of drug-likeness (QED) is 0.646. The van der Waals surface area contributed by atoms with Gasteiger partial charge in [0.05, 0.1) is 6.20 Å². The lowest BCUT2D eigenvalue weighted by Gasteiger charge is -2.26. The van der Waals surface area contributed by atoms with Gasteiger partial charge in [0, 0.05) is 47.9 Å². The Morgan fingerprint density at radius 1 is 1.00 bits per heavy atom. The molecule has 1 aromatic carbocycles. The summed E-state index contributed by atoms with van der Waals surface area (Å²) in [5, 5.41) is 0. The van der Waals surface area contributed by atoms with Crippen molar-refractivity contribution in [2.45, 2.75) is 12.2 Å². The molecule has 1 aliphatic heterocycles. The van der Waals surface area contributed by atoms with Crippen molar-refractivity contribution in [2.24, 2.45) is 10.7 Å². The maximum atomic E-state index is 14.7. The van der Waals surface area contributed by atoms with Gasteiger partial charge in [-0.15, -0.1) is 0 Å². The van der Waals surface area contributed by atoms with Gasteiger partial charge in [-0.2, -0.15) is 0 Å². The lowest BCUT2D eigenvalue weighted by atomic mass is 9.82. The van der Waals surface area contributed by atoms with Crippen LogP contribution < -0.4 is 5.73 Å². The van der Waals surface area contributed by atoms with Crippen molar-refractivity contribution in [3.63, 3.8) is 0 Å². The number of aliphatic imine (C=N–C) groups is 1. The molecule has 31 heavy (non-hydrogen) atoms. The molecule has 0 bridgehead atoms. The second-order valence-corrected chi connectivity index (χ2v) is 6.97. The van der Waals surface area contributed by atoms with Gasteiger partial charge in [-0.1, -0.05) is 0 Å². The van der Waals surface area contributed by atoms with E-state index in [0.29, 0.717) is 0 Å². The number of guanidine groups is 1. The van der Waals surface area contributed by atoms with Gasteiger partial charge < -0.3 is 5.73 Å². The summed E-state index contributed by atoms with van der Waals surface area (Å²) < 4.78 is 56.2. The molecule has 0 saturated heterocycles. The lowest BCUT2D eigenvalue weighted by molar-refractivity contribution is -0.129. The maximum absolute atomic E-state index is 14.7. The fourth-order valence-corrected chi connectivity index (χ4v) is 3.51. The van der Waals surface area contributed by atoms with Crippen LogP contribution in [0.2, 0.25) is 0 Å². The summed E-state index contributed by atoms with van der Waals surface area (Å²) in [5.41, 5.74) is 3.76. The van der Waals surface area contributed by atoms with E-state index in [1.807, 2.05) is 0 Å². The van der Waals surface area contributed by atoms with E-state index in [4.69, 9.17) is 5.73 Å². The second kappa shape index (κ2) is 7.46. The third kappa shape index (κ3) is 3.20. The maximum Gasteiger partial charge on any atom is 0.266 e. The van der Waals surface area contributed by atoms with E-state index in [9.17, 15) is 22.4 Å². The van der Waals surface area contributed by atoms with E-state index in [1.165, 1.54) is 31.6 Å². The standard InChI is InChI=1S/C21H15F4N5O/c1-30-19(31)21(29-20(30)26,14-2-11(6-22)7-27-9-14)13-4-16(18(25)17(24)5-13)12-3-15(23)10-28-8-12/h2-5,7-10H,6H2,1H3,(H2,26,29). The molecule has 4 rings (SSSR count). The van der Waals surface area contributed by atoms with E-state index < -0.39 is 35.6 Å². The SMILES string of the molecule is CN1C(=O)C(c2cncc(CF)c2)(c2cc(F)c(F)c(-c3cncc(F)c3)c2)N=C1N. The second-order valence-electron chi connectivity index (χ2n) is 6.97. The third-order valence-corrected chi connectivity index (χ3v) is 5.07. The molecular weight excluding hydrogens is 414 g/mol.